The first-order chi connectivity index (χ1) is 9.24. The highest BCUT2D eigenvalue weighted by Crippen LogP contribution is 2.16. The topological polar surface area (TPSA) is 29.1 Å². The number of allylic oxidation sites excluding steroid dienone is 1. The highest BCUT2D eigenvalue weighted by Gasteiger charge is 2.06. The molecule has 102 valence electrons. The third-order valence-corrected chi connectivity index (χ3v) is 3.66. The van der Waals surface area contributed by atoms with Gasteiger partial charge in [0.15, 0.2) is 0 Å². The molecule has 0 saturated carbocycles. The summed E-state index contributed by atoms with van der Waals surface area (Å²) in [6.07, 6.45) is 8.58. The molecule has 0 bridgehead atoms. The van der Waals surface area contributed by atoms with Crippen molar-refractivity contribution in [1.82, 2.24) is 5.32 Å². The molecule has 1 N–H and O–H groups in total. The van der Waals surface area contributed by atoms with Gasteiger partial charge in [-0.25, -0.2) is 0 Å². The van der Waals surface area contributed by atoms with E-state index in [9.17, 15) is 4.79 Å². The number of aryl methyl sites for hydroxylation is 2. The number of benzene rings is 1. The SMILES string of the molecule is Cc1ccc(CCC(=O)NCC2=CCCCC2)cc1. The summed E-state index contributed by atoms with van der Waals surface area (Å²) < 4.78 is 0. The lowest BCUT2D eigenvalue weighted by molar-refractivity contribution is -0.120. The first-order valence-corrected chi connectivity index (χ1v) is 7.24. The van der Waals surface area contributed by atoms with E-state index in [1.54, 1.807) is 0 Å². The van der Waals surface area contributed by atoms with Crippen LogP contribution in [0.3, 0.4) is 0 Å². The monoisotopic (exact) mass is 257 g/mol. The molecular weight excluding hydrogens is 234 g/mol. The number of nitrogens with one attached hydrogen (secondary N) is 1. The average molecular weight is 257 g/mol. The maximum Gasteiger partial charge on any atom is 0.220 e. The molecule has 0 aromatic heterocycles. The summed E-state index contributed by atoms with van der Waals surface area (Å²) in [7, 11) is 0. The number of rotatable bonds is 5. The second-order valence-electron chi connectivity index (χ2n) is 5.37. The summed E-state index contributed by atoms with van der Waals surface area (Å²) >= 11 is 0. The van der Waals surface area contributed by atoms with Gasteiger partial charge in [0.25, 0.3) is 0 Å². The molecule has 19 heavy (non-hydrogen) atoms. The van der Waals surface area contributed by atoms with Gasteiger partial charge in [0.2, 0.25) is 5.91 Å². The zero-order chi connectivity index (χ0) is 13.5. The van der Waals surface area contributed by atoms with E-state index in [0.29, 0.717) is 6.42 Å². The summed E-state index contributed by atoms with van der Waals surface area (Å²) in [5, 5.41) is 3.03. The molecule has 2 nitrogen and oxygen atoms in total. The van der Waals surface area contributed by atoms with Crippen LogP contribution in [0.4, 0.5) is 0 Å². The van der Waals surface area contributed by atoms with Crippen LogP contribution in [0.5, 0.6) is 0 Å². The van der Waals surface area contributed by atoms with Crippen molar-refractivity contribution < 1.29 is 4.79 Å². The first kappa shape index (κ1) is 13.9. The highest BCUT2D eigenvalue weighted by atomic mass is 16.1. The van der Waals surface area contributed by atoms with Crippen LogP contribution < -0.4 is 5.32 Å². The highest BCUT2D eigenvalue weighted by molar-refractivity contribution is 5.76. The molecule has 2 rings (SSSR count). The van der Waals surface area contributed by atoms with E-state index in [4.69, 9.17) is 0 Å². The van der Waals surface area contributed by atoms with Gasteiger partial charge in [0.1, 0.15) is 0 Å². The summed E-state index contributed by atoms with van der Waals surface area (Å²) in [4.78, 5) is 11.8. The predicted molar refractivity (Wildman–Crippen MR) is 79.1 cm³/mol. The summed E-state index contributed by atoms with van der Waals surface area (Å²) in [5.74, 6) is 0.159. The molecular formula is C17H23NO. The molecule has 0 unspecified atom stereocenters. The Hall–Kier alpha value is -1.57. The Kier molecular flexibility index (Phi) is 5.20. The zero-order valence-electron chi connectivity index (χ0n) is 11.7. The van der Waals surface area contributed by atoms with Gasteiger partial charge in [-0.05, 0) is 44.6 Å². The molecule has 2 heteroatoms. The Morgan fingerprint density at radius 3 is 2.68 bits per heavy atom. The van der Waals surface area contributed by atoms with Crippen molar-refractivity contribution in [3.63, 3.8) is 0 Å². The van der Waals surface area contributed by atoms with Gasteiger partial charge >= 0.3 is 0 Å². The van der Waals surface area contributed by atoms with Gasteiger partial charge in [-0.2, -0.15) is 0 Å². The maximum atomic E-state index is 11.8. The van der Waals surface area contributed by atoms with E-state index in [2.05, 4.69) is 42.6 Å². The van der Waals surface area contributed by atoms with Gasteiger partial charge in [0.05, 0.1) is 0 Å². The summed E-state index contributed by atoms with van der Waals surface area (Å²) in [6.45, 7) is 2.82. The van der Waals surface area contributed by atoms with Crippen LogP contribution in [0.15, 0.2) is 35.9 Å². The number of hydrogen-bond acceptors (Lipinski definition) is 1. The van der Waals surface area contributed by atoms with Crippen molar-refractivity contribution in [3.8, 4) is 0 Å². The minimum absolute atomic E-state index is 0.159. The molecule has 0 aliphatic heterocycles. The molecule has 0 saturated heterocycles. The minimum atomic E-state index is 0.159. The molecule has 1 aromatic rings. The van der Waals surface area contributed by atoms with Crippen molar-refractivity contribution in [1.29, 1.82) is 0 Å². The Morgan fingerprint density at radius 2 is 2.00 bits per heavy atom. The Morgan fingerprint density at radius 1 is 1.21 bits per heavy atom. The average Bonchev–Trinajstić information content (AvgIpc) is 2.45. The standard InChI is InChI=1S/C17H23NO/c1-14-7-9-15(10-8-14)11-12-17(19)18-13-16-5-3-2-4-6-16/h5,7-10H,2-4,6,11-13H2,1H3,(H,18,19). The molecule has 0 atom stereocenters. The predicted octanol–water partition coefficient (Wildman–Crippen LogP) is 3.54. The second kappa shape index (κ2) is 7.13. The fourth-order valence-electron chi connectivity index (χ4n) is 2.38. The lowest BCUT2D eigenvalue weighted by atomic mass is 9.99. The van der Waals surface area contributed by atoms with Crippen molar-refractivity contribution in [2.24, 2.45) is 0 Å². The fraction of sp³-hybridized carbons (Fsp3) is 0.471. The number of carbonyl (C=O) groups excluding carboxylic acids is 1. The van der Waals surface area contributed by atoms with E-state index >= 15 is 0 Å². The van der Waals surface area contributed by atoms with Crippen LogP contribution in [0, 0.1) is 6.92 Å². The molecule has 1 aliphatic rings. The lowest BCUT2D eigenvalue weighted by Crippen LogP contribution is -2.26. The molecule has 0 heterocycles. The molecule has 0 spiro atoms. The van der Waals surface area contributed by atoms with Crippen LogP contribution in [-0.4, -0.2) is 12.5 Å². The molecule has 0 radical (unpaired) electrons. The third-order valence-electron chi connectivity index (χ3n) is 3.66. The van der Waals surface area contributed by atoms with Gasteiger partial charge in [-0.1, -0.05) is 41.5 Å². The van der Waals surface area contributed by atoms with Gasteiger partial charge in [0, 0.05) is 13.0 Å². The largest absolute Gasteiger partial charge is 0.352 e. The van der Waals surface area contributed by atoms with Crippen LogP contribution in [0.25, 0.3) is 0 Å². The van der Waals surface area contributed by atoms with E-state index in [0.717, 1.165) is 19.4 Å². The maximum absolute atomic E-state index is 11.8. The van der Waals surface area contributed by atoms with Crippen molar-refractivity contribution in [2.45, 2.75) is 45.4 Å². The smallest absolute Gasteiger partial charge is 0.220 e. The van der Waals surface area contributed by atoms with Crippen molar-refractivity contribution in [2.75, 3.05) is 6.54 Å². The summed E-state index contributed by atoms with van der Waals surface area (Å²) in [5.41, 5.74) is 3.89. The molecule has 0 fully saturated rings. The minimum Gasteiger partial charge on any atom is -0.352 e. The quantitative estimate of drug-likeness (QED) is 0.803. The Labute approximate surface area is 115 Å². The van der Waals surface area contributed by atoms with Gasteiger partial charge in [-0.15, -0.1) is 0 Å². The Bertz CT molecular complexity index is 445. The van der Waals surface area contributed by atoms with E-state index in [-0.39, 0.29) is 5.91 Å². The van der Waals surface area contributed by atoms with Crippen LogP contribution >= 0.6 is 0 Å². The normalized spacial score (nSPS) is 14.9. The van der Waals surface area contributed by atoms with Crippen LogP contribution in [0.1, 0.15) is 43.2 Å². The van der Waals surface area contributed by atoms with Gasteiger partial charge in [-0.3, -0.25) is 4.79 Å². The molecule has 1 amide bonds. The zero-order valence-corrected chi connectivity index (χ0v) is 11.7. The van der Waals surface area contributed by atoms with Crippen molar-refractivity contribution in [3.05, 3.63) is 47.0 Å². The fourth-order valence-corrected chi connectivity index (χ4v) is 2.38. The van der Waals surface area contributed by atoms with E-state index in [1.165, 1.54) is 36.0 Å². The second-order valence-corrected chi connectivity index (χ2v) is 5.37. The van der Waals surface area contributed by atoms with E-state index < -0.39 is 0 Å². The first-order valence-electron chi connectivity index (χ1n) is 7.24. The number of amides is 1. The number of carbonyl (C=O) groups is 1. The van der Waals surface area contributed by atoms with Gasteiger partial charge < -0.3 is 5.32 Å². The van der Waals surface area contributed by atoms with Crippen molar-refractivity contribution >= 4 is 5.91 Å². The van der Waals surface area contributed by atoms with E-state index in [1.807, 2.05) is 0 Å². The lowest BCUT2D eigenvalue weighted by Gasteiger charge is -2.13. The Balaban J connectivity index is 1.69. The summed E-state index contributed by atoms with van der Waals surface area (Å²) in [6, 6.07) is 8.40. The van der Waals surface area contributed by atoms with Crippen LogP contribution in [0.2, 0.25) is 0 Å². The number of hydrogen-bond donors (Lipinski definition) is 1. The third kappa shape index (κ3) is 4.90. The molecule has 1 aliphatic carbocycles. The van der Waals surface area contributed by atoms with Crippen LogP contribution in [-0.2, 0) is 11.2 Å². The molecule has 1 aromatic carbocycles.